The molecule has 2 atom stereocenters. The average Bonchev–Trinajstić information content (AvgIpc) is 3.55. The average molecular weight is 559 g/mol. The summed E-state index contributed by atoms with van der Waals surface area (Å²) in [5.41, 5.74) is 4.97. The van der Waals surface area contributed by atoms with Gasteiger partial charge in [-0.1, -0.05) is 50.5 Å². The summed E-state index contributed by atoms with van der Waals surface area (Å²) in [7, 11) is 0. The van der Waals surface area contributed by atoms with E-state index in [2.05, 4.69) is 22.5 Å². The van der Waals surface area contributed by atoms with Crippen molar-refractivity contribution in [3.63, 3.8) is 0 Å². The summed E-state index contributed by atoms with van der Waals surface area (Å²) < 4.78 is -0.489. The molecule has 9 heteroatoms. The zero-order valence-corrected chi connectivity index (χ0v) is 25.0. The highest BCUT2D eigenvalue weighted by atomic mass is 32.2. The van der Waals surface area contributed by atoms with Gasteiger partial charge in [-0.3, -0.25) is 14.4 Å². The van der Waals surface area contributed by atoms with Gasteiger partial charge in [0.25, 0.3) is 0 Å². The van der Waals surface area contributed by atoms with Gasteiger partial charge >= 0.3 is 0 Å². The first-order chi connectivity index (χ1) is 18.1. The van der Waals surface area contributed by atoms with E-state index in [1.165, 1.54) is 26.2 Å². The Balaban J connectivity index is 1.62. The number of amides is 3. The molecule has 3 amide bonds. The molecular weight excluding hydrogens is 516 g/mol. The van der Waals surface area contributed by atoms with E-state index < -0.39 is 16.8 Å². The van der Waals surface area contributed by atoms with Gasteiger partial charge in [0.15, 0.2) is 0 Å². The van der Waals surface area contributed by atoms with Crippen LogP contribution in [-0.2, 0) is 20.9 Å². The monoisotopic (exact) mass is 558 g/mol. The molecule has 208 valence electrons. The molecule has 1 aliphatic heterocycles. The quantitative estimate of drug-likeness (QED) is 0.325. The smallest absolute Gasteiger partial charge is 0.247 e. The molecule has 7 nitrogen and oxygen atoms in total. The largest absolute Gasteiger partial charge is 0.350 e. The van der Waals surface area contributed by atoms with Gasteiger partial charge in [0.2, 0.25) is 17.7 Å². The molecule has 0 aliphatic carbocycles. The Morgan fingerprint density at radius 3 is 2.55 bits per heavy atom. The Bertz CT molecular complexity index is 1080. The molecule has 1 aliphatic rings. The van der Waals surface area contributed by atoms with Crippen molar-refractivity contribution < 1.29 is 14.4 Å². The van der Waals surface area contributed by atoms with Gasteiger partial charge in [-0.2, -0.15) is 11.8 Å². The third-order valence-electron chi connectivity index (χ3n) is 7.03. The molecule has 1 saturated heterocycles. The lowest BCUT2D eigenvalue weighted by Crippen LogP contribution is -2.59. The Morgan fingerprint density at radius 2 is 1.92 bits per heavy atom. The maximum absolute atomic E-state index is 13.7. The number of hydrogen-bond acceptors (Lipinski definition) is 6. The van der Waals surface area contributed by atoms with Crippen molar-refractivity contribution in [3.8, 4) is 10.4 Å². The minimum atomic E-state index is -0.688. The molecule has 2 unspecified atom stereocenters. The number of rotatable bonds is 13. The fraction of sp³-hybridized carbons (Fsp3) is 0.586. The van der Waals surface area contributed by atoms with Crippen molar-refractivity contribution in [2.24, 2.45) is 0 Å². The number of benzene rings is 1. The summed E-state index contributed by atoms with van der Waals surface area (Å²) in [4.78, 5) is 46.1. The van der Waals surface area contributed by atoms with Crippen molar-refractivity contribution in [2.45, 2.75) is 96.5 Å². The highest BCUT2D eigenvalue weighted by Gasteiger charge is 2.43. The summed E-state index contributed by atoms with van der Waals surface area (Å²) >= 11 is 3.33. The molecule has 2 heterocycles. The standard InChI is InChI=1S/C29H42N4O3S2/c1-6-7-8-9-17-38-29(4,5)26(32-21(3)34)28(36)33-16-10-11-24(33)27(35)30-18-22-12-14-23(15-13-22)25-20(2)31-19-37-25/h12-15,19,24,26H,6-11,16-18H2,1-5H3,(H,30,35)(H,32,34). The molecule has 0 radical (unpaired) electrons. The second-order valence-electron chi connectivity index (χ2n) is 10.5. The Morgan fingerprint density at radius 1 is 1.18 bits per heavy atom. The van der Waals surface area contributed by atoms with Gasteiger partial charge < -0.3 is 15.5 Å². The minimum Gasteiger partial charge on any atom is -0.350 e. The van der Waals surface area contributed by atoms with Crippen LogP contribution in [0.25, 0.3) is 10.4 Å². The van der Waals surface area contributed by atoms with E-state index in [0.717, 1.165) is 40.3 Å². The van der Waals surface area contributed by atoms with Gasteiger partial charge in [-0.25, -0.2) is 4.98 Å². The topological polar surface area (TPSA) is 91.4 Å². The van der Waals surface area contributed by atoms with Gasteiger partial charge in [-0.15, -0.1) is 11.3 Å². The lowest BCUT2D eigenvalue weighted by atomic mass is 10.0. The van der Waals surface area contributed by atoms with Crippen LogP contribution in [0.15, 0.2) is 29.8 Å². The predicted molar refractivity (Wildman–Crippen MR) is 157 cm³/mol. The van der Waals surface area contributed by atoms with Crippen LogP contribution >= 0.6 is 23.1 Å². The number of thioether (sulfide) groups is 1. The zero-order chi connectivity index (χ0) is 27.7. The minimum absolute atomic E-state index is 0.148. The number of unbranched alkanes of at least 4 members (excludes halogenated alkanes) is 3. The molecule has 3 rings (SSSR count). The van der Waals surface area contributed by atoms with Crippen LogP contribution in [0, 0.1) is 6.92 Å². The van der Waals surface area contributed by atoms with Crippen LogP contribution in [0.2, 0.25) is 0 Å². The number of thiazole rings is 1. The molecule has 0 saturated carbocycles. The number of aryl methyl sites for hydroxylation is 1. The normalized spacial score (nSPS) is 16.3. The highest BCUT2D eigenvalue weighted by Crippen LogP contribution is 2.32. The SMILES string of the molecule is CCCCCCSC(C)(C)C(NC(C)=O)C(=O)N1CCCC1C(=O)NCc1ccc(-c2scnc2C)cc1. The van der Waals surface area contributed by atoms with Crippen molar-refractivity contribution >= 4 is 40.8 Å². The first kappa shape index (κ1) is 30.2. The molecule has 1 fully saturated rings. The molecule has 2 aromatic rings. The van der Waals surface area contributed by atoms with Gasteiger partial charge in [0, 0.05) is 24.8 Å². The van der Waals surface area contributed by atoms with E-state index in [-0.39, 0.29) is 17.7 Å². The van der Waals surface area contributed by atoms with Crippen LogP contribution in [0.1, 0.15) is 77.5 Å². The Labute approximate surface area is 235 Å². The summed E-state index contributed by atoms with van der Waals surface area (Å²) in [5.74, 6) is 0.375. The van der Waals surface area contributed by atoms with Crippen molar-refractivity contribution in [2.75, 3.05) is 12.3 Å². The van der Waals surface area contributed by atoms with E-state index >= 15 is 0 Å². The third kappa shape index (κ3) is 8.06. The van der Waals surface area contributed by atoms with E-state index in [1.807, 2.05) is 50.5 Å². The molecule has 0 spiro atoms. The molecule has 1 aromatic carbocycles. The second kappa shape index (κ2) is 14.1. The van der Waals surface area contributed by atoms with Gasteiger partial charge in [0.05, 0.1) is 16.1 Å². The van der Waals surface area contributed by atoms with Gasteiger partial charge in [0.1, 0.15) is 12.1 Å². The number of carbonyl (C=O) groups is 3. The van der Waals surface area contributed by atoms with Crippen molar-refractivity contribution in [1.82, 2.24) is 20.5 Å². The number of carbonyl (C=O) groups excluding carboxylic acids is 3. The first-order valence-corrected chi connectivity index (χ1v) is 15.5. The van der Waals surface area contributed by atoms with Crippen LogP contribution < -0.4 is 10.6 Å². The van der Waals surface area contributed by atoms with Gasteiger partial charge in [-0.05, 0) is 56.9 Å². The maximum Gasteiger partial charge on any atom is 0.247 e. The fourth-order valence-corrected chi connectivity index (χ4v) is 6.82. The number of aromatic nitrogens is 1. The predicted octanol–water partition coefficient (Wildman–Crippen LogP) is 5.32. The molecule has 38 heavy (non-hydrogen) atoms. The first-order valence-electron chi connectivity index (χ1n) is 13.6. The summed E-state index contributed by atoms with van der Waals surface area (Å²) in [6.45, 7) is 10.6. The lowest BCUT2D eigenvalue weighted by molar-refractivity contribution is -0.141. The van der Waals surface area contributed by atoms with Crippen LogP contribution in [0.4, 0.5) is 0 Å². The van der Waals surface area contributed by atoms with Crippen LogP contribution in [0.5, 0.6) is 0 Å². The number of nitrogens with zero attached hydrogens (tertiary/aromatic N) is 2. The second-order valence-corrected chi connectivity index (χ2v) is 13.1. The van der Waals surface area contributed by atoms with Crippen molar-refractivity contribution in [3.05, 3.63) is 41.0 Å². The van der Waals surface area contributed by atoms with E-state index in [9.17, 15) is 14.4 Å². The molecule has 0 bridgehead atoms. The third-order valence-corrected chi connectivity index (χ3v) is 9.48. The number of nitrogens with one attached hydrogen (secondary N) is 2. The van der Waals surface area contributed by atoms with E-state index in [0.29, 0.717) is 19.5 Å². The lowest BCUT2D eigenvalue weighted by Gasteiger charge is -2.37. The Hall–Kier alpha value is -2.39. The summed E-state index contributed by atoms with van der Waals surface area (Å²) in [6.07, 6.45) is 6.03. The van der Waals surface area contributed by atoms with E-state index in [4.69, 9.17) is 0 Å². The summed E-state index contributed by atoms with van der Waals surface area (Å²) in [5, 5.41) is 5.93. The maximum atomic E-state index is 13.7. The van der Waals surface area contributed by atoms with Crippen LogP contribution in [-0.4, -0.2) is 56.7 Å². The summed E-state index contributed by atoms with van der Waals surface area (Å²) in [6, 6.07) is 6.91. The Kier molecular flexibility index (Phi) is 11.2. The zero-order valence-electron chi connectivity index (χ0n) is 23.3. The molecule has 1 aromatic heterocycles. The van der Waals surface area contributed by atoms with E-state index in [1.54, 1.807) is 28.0 Å². The van der Waals surface area contributed by atoms with Crippen molar-refractivity contribution in [1.29, 1.82) is 0 Å². The highest BCUT2D eigenvalue weighted by molar-refractivity contribution is 8.00. The number of likely N-dealkylation sites (tertiary alicyclic amines) is 1. The molecular formula is C29H42N4O3S2. The number of hydrogen-bond donors (Lipinski definition) is 2. The fourth-order valence-electron chi connectivity index (χ4n) is 4.81. The molecule has 2 N–H and O–H groups in total. The van der Waals surface area contributed by atoms with Crippen LogP contribution in [0.3, 0.4) is 0 Å².